The predicted octanol–water partition coefficient (Wildman–Crippen LogP) is 1.61. The average molecular weight is 451 g/mol. The zero-order valence-electron chi connectivity index (χ0n) is 16.9. The Balaban J connectivity index is 1.49. The molecule has 2 aliphatic rings. The van der Waals surface area contributed by atoms with E-state index in [-0.39, 0.29) is 6.10 Å². The first-order valence-electron chi connectivity index (χ1n) is 10.4. The van der Waals surface area contributed by atoms with Crippen molar-refractivity contribution in [2.75, 3.05) is 19.8 Å². The third-order valence-corrected chi connectivity index (χ3v) is 6.17. The zero-order valence-corrected chi connectivity index (χ0v) is 17.7. The van der Waals surface area contributed by atoms with Crippen molar-refractivity contribution >= 4 is 11.6 Å². The van der Waals surface area contributed by atoms with Crippen LogP contribution < -0.4 is 4.74 Å². The SMILES string of the molecule is OCC1O[C@@H](c2ccc(Cl)c(Cc3ccc(O[C@H]4CCOC4)cc3)c2)[C@H](O)[C@@H](O)[C@@H]1O. The highest BCUT2D eigenvalue weighted by Gasteiger charge is 2.44. The summed E-state index contributed by atoms with van der Waals surface area (Å²) in [6.45, 7) is 0.872. The number of rotatable bonds is 6. The van der Waals surface area contributed by atoms with Crippen LogP contribution in [0.4, 0.5) is 0 Å². The Bertz CT molecular complexity index is 867. The molecule has 2 saturated heterocycles. The summed E-state index contributed by atoms with van der Waals surface area (Å²) in [5.41, 5.74) is 2.47. The third kappa shape index (κ3) is 5.04. The molecule has 8 heteroatoms. The van der Waals surface area contributed by atoms with E-state index in [2.05, 4.69) is 0 Å². The summed E-state index contributed by atoms with van der Waals surface area (Å²) in [6, 6.07) is 13.0. The van der Waals surface area contributed by atoms with Crippen LogP contribution in [-0.4, -0.2) is 70.8 Å². The van der Waals surface area contributed by atoms with Crippen LogP contribution in [0.3, 0.4) is 0 Å². The van der Waals surface area contributed by atoms with Crippen molar-refractivity contribution in [1.82, 2.24) is 0 Å². The molecule has 0 bridgehead atoms. The van der Waals surface area contributed by atoms with Gasteiger partial charge in [-0.15, -0.1) is 0 Å². The summed E-state index contributed by atoms with van der Waals surface area (Å²) in [5, 5.41) is 40.5. The molecule has 0 amide bonds. The normalized spacial score (nSPS) is 31.0. The van der Waals surface area contributed by atoms with Gasteiger partial charge in [0.1, 0.15) is 42.4 Å². The zero-order chi connectivity index (χ0) is 22.0. The Morgan fingerprint density at radius 2 is 1.77 bits per heavy atom. The molecule has 0 spiro atoms. The van der Waals surface area contributed by atoms with Crippen LogP contribution in [0.25, 0.3) is 0 Å². The van der Waals surface area contributed by atoms with E-state index in [1.54, 1.807) is 12.1 Å². The summed E-state index contributed by atoms with van der Waals surface area (Å²) in [7, 11) is 0. The average Bonchev–Trinajstić information content (AvgIpc) is 3.28. The lowest BCUT2D eigenvalue weighted by molar-refractivity contribution is -0.231. The van der Waals surface area contributed by atoms with Crippen molar-refractivity contribution in [2.24, 2.45) is 0 Å². The molecule has 0 radical (unpaired) electrons. The Kier molecular flexibility index (Phi) is 7.13. The van der Waals surface area contributed by atoms with Crippen LogP contribution in [0.2, 0.25) is 5.02 Å². The van der Waals surface area contributed by atoms with E-state index in [9.17, 15) is 20.4 Å². The standard InChI is InChI=1S/C23H27ClO7/c24-18-6-3-14(23-22(28)21(27)20(26)19(11-25)31-23)10-15(18)9-13-1-4-16(5-2-13)30-17-7-8-29-12-17/h1-6,10,17,19-23,25-28H,7-9,11-12H2/t17-,19?,20+,21-,22+,23-/m0/s1. The topological polar surface area (TPSA) is 109 Å². The summed E-state index contributed by atoms with van der Waals surface area (Å²) < 4.78 is 16.9. The fraction of sp³-hybridized carbons (Fsp3) is 0.478. The molecule has 1 unspecified atom stereocenters. The van der Waals surface area contributed by atoms with Crippen LogP contribution in [0.1, 0.15) is 29.2 Å². The second-order valence-electron chi connectivity index (χ2n) is 8.02. The van der Waals surface area contributed by atoms with E-state index >= 15 is 0 Å². The van der Waals surface area contributed by atoms with Crippen LogP contribution in [-0.2, 0) is 15.9 Å². The van der Waals surface area contributed by atoms with Crippen LogP contribution >= 0.6 is 11.6 Å². The molecule has 2 aliphatic heterocycles. The molecule has 7 nitrogen and oxygen atoms in total. The Morgan fingerprint density at radius 3 is 2.45 bits per heavy atom. The molecule has 0 saturated carbocycles. The lowest BCUT2D eigenvalue weighted by atomic mass is 9.90. The lowest BCUT2D eigenvalue weighted by Gasteiger charge is -2.40. The highest BCUT2D eigenvalue weighted by atomic mass is 35.5. The first kappa shape index (κ1) is 22.5. The number of aliphatic hydroxyl groups excluding tert-OH is 4. The van der Waals surface area contributed by atoms with E-state index in [0.29, 0.717) is 23.6 Å². The molecule has 0 aliphatic carbocycles. The van der Waals surface area contributed by atoms with Crippen LogP contribution in [0, 0.1) is 0 Å². The van der Waals surface area contributed by atoms with Gasteiger partial charge in [-0.2, -0.15) is 0 Å². The molecule has 6 atom stereocenters. The molecular formula is C23H27ClO7. The molecule has 2 aromatic carbocycles. The summed E-state index contributed by atoms with van der Waals surface area (Å²) in [4.78, 5) is 0. The fourth-order valence-corrected chi connectivity index (χ4v) is 4.17. The van der Waals surface area contributed by atoms with E-state index in [1.807, 2.05) is 30.3 Å². The number of hydrogen-bond acceptors (Lipinski definition) is 7. The van der Waals surface area contributed by atoms with Crippen molar-refractivity contribution in [3.8, 4) is 5.75 Å². The molecule has 31 heavy (non-hydrogen) atoms. The van der Waals surface area contributed by atoms with E-state index < -0.39 is 37.1 Å². The van der Waals surface area contributed by atoms with Gasteiger partial charge in [-0.25, -0.2) is 0 Å². The fourth-order valence-electron chi connectivity index (χ4n) is 3.99. The summed E-state index contributed by atoms with van der Waals surface area (Å²) >= 11 is 6.40. The third-order valence-electron chi connectivity index (χ3n) is 5.80. The van der Waals surface area contributed by atoms with Crippen molar-refractivity contribution < 1.29 is 34.6 Å². The first-order valence-corrected chi connectivity index (χ1v) is 10.8. The summed E-state index contributed by atoms with van der Waals surface area (Å²) in [5.74, 6) is 0.792. The highest BCUT2D eigenvalue weighted by Crippen LogP contribution is 2.34. The first-order chi connectivity index (χ1) is 15.0. The molecular weight excluding hydrogens is 424 g/mol. The van der Waals surface area contributed by atoms with Crippen molar-refractivity contribution in [2.45, 2.75) is 49.5 Å². The van der Waals surface area contributed by atoms with Gasteiger partial charge in [-0.3, -0.25) is 0 Å². The Hall–Kier alpha value is -1.71. The Labute approximate surface area is 185 Å². The maximum absolute atomic E-state index is 10.4. The van der Waals surface area contributed by atoms with E-state index in [0.717, 1.165) is 29.9 Å². The van der Waals surface area contributed by atoms with Crippen molar-refractivity contribution in [3.05, 3.63) is 64.2 Å². The largest absolute Gasteiger partial charge is 0.488 e. The minimum atomic E-state index is -1.42. The number of halogens is 1. The molecule has 2 heterocycles. The molecule has 2 aromatic rings. The number of ether oxygens (including phenoxy) is 3. The Morgan fingerprint density at radius 1 is 1.00 bits per heavy atom. The quantitative estimate of drug-likeness (QED) is 0.529. The lowest BCUT2D eigenvalue weighted by Crippen LogP contribution is -2.55. The minimum absolute atomic E-state index is 0.0931. The van der Waals surface area contributed by atoms with Gasteiger partial charge in [0.2, 0.25) is 0 Å². The molecule has 0 aromatic heterocycles. The van der Waals surface area contributed by atoms with Gasteiger partial charge in [-0.05, 0) is 41.3 Å². The van der Waals surface area contributed by atoms with Gasteiger partial charge < -0.3 is 34.6 Å². The van der Waals surface area contributed by atoms with E-state index in [1.165, 1.54) is 0 Å². The van der Waals surface area contributed by atoms with Crippen LogP contribution in [0.5, 0.6) is 5.75 Å². The van der Waals surface area contributed by atoms with Crippen molar-refractivity contribution in [1.29, 1.82) is 0 Å². The van der Waals surface area contributed by atoms with Gasteiger partial charge in [0, 0.05) is 11.4 Å². The summed E-state index contributed by atoms with van der Waals surface area (Å²) in [6.07, 6.45) is -4.46. The number of aliphatic hydroxyl groups is 4. The van der Waals surface area contributed by atoms with Gasteiger partial charge in [0.15, 0.2) is 0 Å². The number of hydrogen-bond donors (Lipinski definition) is 4. The van der Waals surface area contributed by atoms with Gasteiger partial charge in [-0.1, -0.05) is 35.9 Å². The highest BCUT2D eigenvalue weighted by molar-refractivity contribution is 6.31. The van der Waals surface area contributed by atoms with Crippen LogP contribution in [0.15, 0.2) is 42.5 Å². The molecule has 4 N–H and O–H groups in total. The van der Waals surface area contributed by atoms with E-state index in [4.69, 9.17) is 25.8 Å². The molecule has 168 valence electrons. The van der Waals surface area contributed by atoms with Crippen molar-refractivity contribution in [3.63, 3.8) is 0 Å². The monoisotopic (exact) mass is 450 g/mol. The molecule has 4 rings (SSSR count). The molecule has 2 fully saturated rings. The number of benzene rings is 2. The minimum Gasteiger partial charge on any atom is -0.488 e. The van der Waals surface area contributed by atoms with Gasteiger partial charge >= 0.3 is 0 Å². The van der Waals surface area contributed by atoms with Gasteiger partial charge in [0.25, 0.3) is 0 Å². The smallest absolute Gasteiger partial charge is 0.124 e. The van der Waals surface area contributed by atoms with Gasteiger partial charge in [0.05, 0.1) is 19.8 Å². The predicted molar refractivity (Wildman–Crippen MR) is 113 cm³/mol. The second-order valence-corrected chi connectivity index (χ2v) is 8.43. The second kappa shape index (κ2) is 9.83. The maximum atomic E-state index is 10.4. The maximum Gasteiger partial charge on any atom is 0.124 e.